The van der Waals surface area contributed by atoms with Gasteiger partial charge in [-0.05, 0) is 70.0 Å². The minimum absolute atomic E-state index is 0. The van der Waals surface area contributed by atoms with Crippen molar-refractivity contribution in [3.63, 3.8) is 0 Å². The number of nitrogens with one attached hydrogen (secondary N) is 2. The van der Waals surface area contributed by atoms with E-state index in [1.54, 1.807) is 18.5 Å². The second-order valence-corrected chi connectivity index (χ2v) is 12.7. The lowest BCUT2D eigenvalue weighted by Gasteiger charge is -2.33. The van der Waals surface area contributed by atoms with Gasteiger partial charge in [0, 0.05) is 35.2 Å². The Morgan fingerprint density at radius 1 is 1.07 bits per heavy atom. The fourth-order valence-electron chi connectivity index (χ4n) is 4.46. The summed E-state index contributed by atoms with van der Waals surface area (Å²) in [5, 5.41) is 6.25. The van der Waals surface area contributed by atoms with Crippen molar-refractivity contribution in [2.45, 2.75) is 18.8 Å². The molecule has 1 atom stereocenters. The first-order chi connectivity index (χ1) is 19.1. The number of benzene rings is 3. The Labute approximate surface area is 264 Å². The molecule has 0 bridgehead atoms. The molecule has 2 heterocycles. The van der Waals surface area contributed by atoms with Crippen LogP contribution in [-0.2, 0) is 28.7 Å². The summed E-state index contributed by atoms with van der Waals surface area (Å²) in [5.74, 6) is 1.54. The zero-order valence-electron chi connectivity index (χ0n) is 22.5. The number of halogens is 4. The molecule has 3 aromatic carbocycles. The van der Waals surface area contributed by atoms with Crippen LogP contribution in [0.4, 0.5) is 10.1 Å². The van der Waals surface area contributed by atoms with E-state index in [0.717, 1.165) is 11.3 Å². The zero-order chi connectivity index (χ0) is 28.3. The summed E-state index contributed by atoms with van der Waals surface area (Å²) in [6.45, 7) is 0.881. The summed E-state index contributed by atoms with van der Waals surface area (Å²) in [6.07, 6.45) is 2.77. The van der Waals surface area contributed by atoms with Gasteiger partial charge in [-0.3, -0.25) is 5.73 Å². The molecule has 1 unspecified atom stereocenters. The van der Waals surface area contributed by atoms with E-state index >= 15 is 0 Å². The van der Waals surface area contributed by atoms with Gasteiger partial charge >= 0.3 is 0 Å². The third-order valence-electron chi connectivity index (χ3n) is 6.46. The number of furan rings is 1. The van der Waals surface area contributed by atoms with Gasteiger partial charge in [-0.15, -0.1) is 24.8 Å². The van der Waals surface area contributed by atoms with Gasteiger partial charge in [-0.2, -0.15) is 0 Å². The van der Waals surface area contributed by atoms with Crippen LogP contribution >= 0.6 is 40.7 Å². The van der Waals surface area contributed by atoms with Crippen molar-refractivity contribution in [3.05, 3.63) is 106 Å². The molecule has 1 aliphatic rings. The lowest BCUT2D eigenvalue weighted by Crippen LogP contribution is -2.39. The lowest BCUT2D eigenvalue weighted by molar-refractivity contribution is 0.294. The molecule has 1 aliphatic heterocycles. The van der Waals surface area contributed by atoms with E-state index in [1.165, 1.54) is 18.4 Å². The molecule has 0 saturated heterocycles. The third-order valence-corrected chi connectivity index (χ3v) is 8.03. The van der Waals surface area contributed by atoms with Crippen LogP contribution in [0.15, 0.2) is 86.7 Å². The van der Waals surface area contributed by atoms with E-state index in [1.807, 2.05) is 48.5 Å². The average molecular weight is 700 g/mol. The number of hydrogen-bond donors (Lipinski definition) is 3. The third kappa shape index (κ3) is 7.71. The SMILES string of the molecule is CS(=O)(=O)CCNCc1ccc(-c2ccc3c(c2)C(N)(c2cccc(Br)c2OCc2cccc(F)c2)N=CN3)o1.Cl.Cl. The van der Waals surface area contributed by atoms with Gasteiger partial charge in [0.25, 0.3) is 0 Å². The smallest absolute Gasteiger partial charge is 0.167 e. The minimum atomic E-state index is -3.03. The average Bonchev–Trinajstić information content (AvgIpc) is 3.39. The van der Waals surface area contributed by atoms with Crippen LogP contribution in [0.2, 0.25) is 0 Å². The highest BCUT2D eigenvalue weighted by molar-refractivity contribution is 9.10. The minimum Gasteiger partial charge on any atom is -0.487 e. The zero-order valence-corrected chi connectivity index (χ0v) is 26.5. The topological polar surface area (TPSA) is 119 Å². The van der Waals surface area contributed by atoms with Crippen molar-refractivity contribution in [3.8, 4) is 17.1 Å². The number of anilines is 1. The lowest BCUT2D eigenvalue weighted by atomic mass is 9.88. The first-order valence-electron chi connectivity index (χ1n) is 12.5. The molecule has 0 amide bonds. The summed E-state index contributed by atoms with van der Waals surface area (Å²) >= 11 is 3.58. The number of hydrogen-bond acceptors (Lipinski definition) is 8. The highest BCUT2D eigenvalue weighted by Crippen LogP contribution is 2.44. The number of nitrogens with two attached hydrogens (primary N) is 1. The maximum absolute atomic E-state index is 13.7. The predicted molar refractivity (Wildman–Crippen MR) is 172 cm³/mol. The molecule has 0 saturated carbocycles. The molecule has 0 radical (unpaired) electrons. The van der Waals surface area contributed by atoms with Gasteiger partial charge in [0.15, 0.2) is 5.66 Å². The van der Waals surface area contributed by atoms with Crippen molar-refractivity contribution in [2.24, 2.45) is 10.7 Å². The summed E-state index contributed by atoms with van der Waals surface area (Å²) in [4.78, 5) is 4.64. The summed E-state index contributed by atoms with van der Waals surface area (Å²) in [6, 6.07) is 21.3. The molecule has 8 nitrogen and oxygen atoms in total. The maximum Gasteiger partial charge on any atom is 0.167 e. The molecule has 224 valence electrons. The number of nitrogens with zero attached hydrogens (tertiary/aromatic N) is 1. The van der Waals surface area contributed by atoms with Crippen LogP contribution < -0.4 is 21.1 Å². The number of rotatable bonds is 10. The molecule has 4 N–H and O–H groups in total. The molecule has 0 fully saturated rings. The molecule has 42 heavy (non-hydrogen) atoms. The fraction of sp³-hybridized carbons (Fsp3) is 0.207. The second kappa shape index (κ2) is 14.0. The summed E-state index contributed by atoms with van der Waals surface area (Å²) < 4.78 is 49.3. The van der Waals surface area contributed by atoms with Crippen LogP contribution in [0.5, 0.6) is 5.75 Å². The molecule has 0 aliphatic carbocycles. The molecule has 13 heteroatoms. The molecule has 5 rings (SSSR count). The van der Waals surface area contributed by atoms with Gasteiger partial charge in [-0.25, -0.2) is 17.8 Å². The second-order valence-electron chi connectivity index (χ2n) is 9.54. The monoisotopic (exact) mass is 698 g/mol. The molecular formula is C29H30BrCl2FN4O4S. The fourth-order valence-corrected chi connectivity index (χ4v) is 5.46. The standard InChI is InChI=1S/C29H28BrFN4O4S.2ClH/c1-40(36,37)13-12-33-16-22-9-11-27(39-22)20-8-10-26-24(15-20)29(32,35-18-34-26)23-6-3-7-25(30)28(23)38-17-19-4-2-5-21(31)14-19;;/h2-11,14-15,18,33H,12-13,16-17,32H2,1H3,(H,34,35);2*1H. The number of para-hydroxylation sites is 1. The molecule has 0 spiro atoms. The van der Waals surface area contributed by atoms with Gasteiger partial charge < -0.3 is 19.8 Å². The van der Waals surface area contributed by atoms with E-state index in [9.17, 15) is 12.8 Å². The highest BCUT2D eigenvalue weighted by atomic mass is 79.9. The highest BCUT2D eigenvalue weighted by Gasteiger charge is 2.37. The van der Waals surface area contributed by atoms with Crippen molar-refractivity contribution in [1.29, 1.82) is 0 Å². The van der Waals surface area contributed by atoms with Crippen molar-refractivity contribution in [1.82, 2.24) is 5.32 Å². The van der Waals surface area contributed by atoms with Gasteiger partial charge in [0.2, 0.25) is 0 Å². The van der Waals surface area contributed by atoms with E-state index in [4.69, 9.17) is 14.9 Å². The number of ether oxygens (including phenoxy) is 1. The molecular weight excluding hydrogens is 670 g/mol. The van der Waals surface area contributed by atoms with E-state index in [-0.39, 0.29) is 43.0 Å². The van der Waals surface area contributed by atoms with Crippen LogP contribution in [0.1, 0.15) is 22.5 Å². The quantitative estimate of drug-likeness (QED) is 0.173. The Hall–Kier alpha value is -2.93. The van der Waals surface area contributed by atoms with Gasteiger partial charge in [-0.1, -0.05) is 24.3 Å². The predicted octanol–water partition coefficient (Wildman–Crippen LogP) is 6.02. The number of fused-ring (bicyclic) bond motifs is 1. The Bertz CT molecular complexity index is 1690. The van der Waals surface area contributed by atoms with E-state index < -0.39 is 15.5 Å². The number of aliphatic imine (C=N–C) groups is 1. The number of sulfone groups is 1. The van der Waals surface area contributed by atoms with Crippen LogP contribution in [0.25, 0.3) is 11.3 Å². The van der Waals surface area contributed by atoms with Gasteiger partial charge in [0.1, 0.15) is 39.5 Å². The van der Waals surface area contributed by atoms with Crippen molar-refractivity contribution in [2.75, 3.05) is 23.9 Å². The summed E-state index contributed by atoms with van der Waals surface area (Å²) in [5.41, 5.74) is 9.35. The van der Waals surface area contributed by atoms with Crippen LogP contribution in [0.3, 0.4) is 0 Å². The van der Waals surface area contributed by atoms with Crippen LogP contribution in [0, 0.1) is 5.82 Å². The first-order valence-corrected chi connectivity index (χ1v) is 15.4. The molecule has 4 aromatic rings. The normalized spacial score (nSPS) is 15.6. The van der Waals surface area contributed by atoms with E-state index in [0.29, 0.717) is 51.5 Å². The maximum atomic E-state index is 13.7. The largest absolute Gasteiger partial charge is 0.487 e. The van der Waals surface area contributed by atoms with Gasteiger partial charge in [0.05, 0.1) is 23.1 Å². The summed E-state index contributed by atoms with van der Waals surface area (Å²) in [7, 11) is -3.03. The Morgan fingerprint density at radius 3 is 2.62 bits per heavy atom. The van der Waals surface area contributed by atoms with Crippen LogP contribution in [-0.4, -0.2) is 33.3 Å². The first kappa shape index (κ1) is 33.6. The Kier molecular flexibility index (Phi) is 11.2. The van der Waals surface area contributed by atoms with E-state index in [2.05, 4.69) is 31.6 Å². The Balaban J connectivity index is 0.00000242. The van der Waals surface area contributed by atoms with Crippen molar-refractivity contribution >= 4 is 62.6 Å². The Morgan fingerprint density at radius 2 is 1.86 bits per heavy atom. The molecule has 1 aromatic heterocycles. The van der Waals surface area contributed by atoms with Crippen molar-refractivity contribution < 1.29 is 22.0 Å².